The molecule has 21 heavy (non-hydrogen) atoms. The highest BCUT2D eigenvalue weighted by Gasteiger charge is 2.18. The number of hydrogen-bond acceptors (Lipinski definition) is 5. The molecule has 0 atom stereocenters. The molecule has 0 amide bonds. The zero-order chi connectivity index (χ0) is 15.0. The van der Waals surface area contributed by atoms with Crippen LogP contribution in [0.1, 0.15) is 16.3 Å². The van der Waals surface area contributed by atoms with Crippen LogP contribution in [0, 0.1) is 31.0 Å². The predicted molar refractivity (Wildman–Crippen MR) is 76.6 cm³/mol. The van der Waals surface area contributed by atoms with Crippen LogP contribution in [0.3, 0.4) is 0 Å². The second-order valence-electron chi connectivity index (χ2n) is 4.46. The van der Waals surface area contributed by atoms with Gasteiger partial charge in [-0.2, -0.15) is 9.94 Å². The van der Waals surface area contributed by atoms with Crippen LogP contribution < -0.4 is 0 Å². The van der Waals surface area contributed by atoms with Crippen LogP contribution in [0.5, 0.6) is 0 Å². The lowest BCUT2D eigenvalue weighted by Crippen LogP contribution is -1.99. The van der Waals surface area contributed by atoms with Crippen LogP contribution in [-0.4, -0.2) is 20.0 Å². The Morgan fingerprint density at radius 3 is 2.52 bits per heavy atom. The lowest BCUT2D eigenvalue weighted by atomic mass is 10.1. The average Bonchev–Trinajstić information content (AvgIpc) is 3.04. The third kappa shape index (κ3) is 2.30. The number of halogens is 1. The monoisotopic (exact) mass is 299 g/mol. The standard InChI is InChI=1S/C14H10FN5S/c1-8-9(2)21-14(17-8)20-13(12(7-16)18-19-20)10-3-5-11(15)6-4-10/h3-6H,1-2H3. The van der Waals surface area contributed by atoms with Gasteiger partial charge in [0.1, 0.15) is 17.6 Å². The van der Waals surface area contributed by atoms with Crippen LogP contribution in [0.2, 0.25) is 0 Å². The first-order valence-electron chi connectivity index (χ1n) is 6.16. The molecule has 0 bridgehead atoms. The highest BCUT2D eigenvalue weighted by Crippen LogP contribution is 2.28. The highest BCUT2D eigenvalue weighted by atomic mass is 32.1. The van der Waals surface area contributed by atoms with Crippen molar-refractivity contribution in [2.45, 2.75) is 13.8 Å². The second-order valence-corrected chi connectivity index (χ2v) is 5.64. The Morgan fingerprint density at radius 1 is 1.24 bits per heavy atom. The molecule has 0 unspecified atom stereocenters. The van der Waals surface area contributed by atoms with Gasteiger partial charge in [-0.05, 0) is 38.1 Å². The number of aryl methyl sites for hydroxylation is 2. The summed E-state index contributed by atoms with van der Waals surface area (Å²) in [4.78, 5) is 5.50. The van der Waals surface area contributed by atoms with Crippen molar-refractivity contribution in [3.05, 3.63) is 46.3 Å². The van der Waals surface area contributed by atoms with E-state index in [1.807, 2.05) is 19.9 Å². The number of aromatic nitrogens is 4. The molecule has 0 spiro atoms. The minimum absolute atomic E-state index is 0.187. The minimum Gasteiger partial charge on any atom is -0.223 e. The van der Waals surface area contributed by atoms with Crippen molar-refractivity contribution in [1.82, 2.24) is 20.0 Å². The molecule has 0 aliphatic rings. The van der Waals surface area contributed by atoms with Gasteiger partial charge in [0.2, 0.25) is 5.13 Å². The number of hydrogen-bond donors (Lipinski definition) is 0. The van der Waals surface area contributed by atoms with Crippen molar-refractivity contribution in [2.75, 3.05) is 0 Å². The van der Waals surface area contributed by atoms with Crippen molar-refractivity contribution in [3.8, 4) is 22.5 Å². The summed E-state index contributed by atoms with van der Waals surface area (Å²) < 4.78 is 14.6. The molecule has 104 valence electrons. The van der Waals surface area contributed by atoms with E-state index in [1.54, 1.807) is 12.1 Å². The second kappa shape index (κ2) is 5.07. The van der Waals surface area contributed by atoms with Crippen LogP contribution in [0.25, 0.3) is 16.4 Å². The highest BCUT2D eigenvalue weighted by molar-refractivity contribution is 7.14. The third-order valence-corrected chi connectivity index (χ3v) is 4.14. The van der Waals surface area contributed by atoms with Gasteiger partial charge in [0.05, 0.1) is 5.69 Å². The molecule has 0 radical (unpaired) electrons. The molecule has 2 aromatic heterocycles. The van der Waals surface area contributed by atoms with Crippen LogP contribution in [-0.2, 0) is 0 Å². The van der Waals surface area contributed by atoms with Crippen LogP contribution >= 0.6 is 11.3 Å². The van der Waals surface area contributed by atoms with Gasteiger partial charge in [0.15, 0.2) is 5.69 Å². The fraction of sp³-hybridized carbons (Fsp3) is 0.143. The van der Waals surface area contributed by atoms with Crippen molar-refractivity contribution in [2.24, 2.45) is 0 Å². The molecule has 7 heteroatoms. The Bertz CT molecular complexity index is 822. The molecule has 0 aliphatic carbocycles. The van der Waals surface area contributed by atoms with Crippen molar-refractivity contribution >= 4 is 11.3 Å². The summed E-state index contributed by atoms with van der Waals surface area (Å²) in [5.74, 6) is -0.336. The third-order valence-electron chi connectivity index (χ3n) is 3.09. The van der Waals surface area contributed by atoms with E-state index in [0.29, 0.717) is 16.4 Å². The van der Waals surface area contributed by atoms with Gasteiger partial charge in [-0.25, -0.2) is 9.37 Å². The van der Waals surface area contributed by atoms with Gasteiger partial charge >= 0.3 is 0 Å². The van der Waals surface area contributed by atoms with E-state index in [0.717, 1.165) is 10.6 Å². The molecule has 0 aliphatic heterocycles. The summed E-state index contributed by atoms with van der Waals surface area (Å²) in [5, 5.41) is 17.7. The zero-order valence-electron chi connectivity index (χ0n) is 11.3. The molecule has 3 aromatic rings. The first-order valence-corrected chi connectivity index (χ1v) is 6.98. The maximum atomic E-state index is 13.1. The van der Waals surface area contributed by atoms with E-state index in [1.165, 1.54) is 28.2 Å². The van der Waals surface area contributed by atoms with Gasteiger partial charge in [-0.15, -0.1) is 5.10 Å². The van der Waals surface area contributed by atoms with E-state index < -0.39 is 0 Å². The lowest BCUT2D eigenvalue weighted by Gasteiger charge is -2.03. The quantitative estimate of drug-likeness (QED) is 0.729. The number of thiazole rings is 1. The maximum absolute atomic E-state index is 13.1. The average molecular weight is 299 g/mol. The Hall–Kier alpha value is -2.59. The molecule has 0 saturated carbocycles. The SMILES string of the molecule is Cc1nc(-n2nnc(C#N)c2-c2ccc(F)cc2)sc1C. The Kier molecular flexibility index (Phi) is 3.23. The first kappa shape index (κ1) is 13.4. The summed E-state index contributed by atoms with van der Waals surface area (Å²) in [6.07, 6.45) is 0. The molecule has 0 fully saturated rings. The topological polar surface area (TPSA) is 67.4 Å². The summed E-state index contributed by atoms with van der Waals surface area (Å²) >= 11 is 1.47. The lowest BCUT2D eigenvalue weighted by molar-refractivity contribution is 0.628. The molecule has 1 aromatic carbocycles. The summed E-state index contributed by atoms with van der Waals surface area (Å²) in [7, 11) is 0. The smallest absolute Gasteiger partial charge is 0.212 e. The summed E-state index contributed by atoms with van der Waals surface area (Å²) in [6, 6.07) is 7.88. The van der Waals surface area contributed by atoms with E-state index in [-0.39, 0.29) is 11.5 Å². The van der Waals surface area contributed by atoms with Gasteiger partial charge in [-0.3, -0.25) is 0 Å². The fourth-order valence-corrected chi connectivity index (χ4v) is 2.77. The maximum Gasteiger partial charge on any atom is 0.212 e. The number of nitrogens with zero attached hydrogens (tertiary/aromatic N) is 5. The van der Waals surface area contributed by atoms with E-state index in [9.17, 15) is 9.65 Å². The van der Waals surface area contributed by atoms with Gasteiger partial charge < -0.3 is 0 Å². The van der Waals surface area contributed by atoms with E-state index in [4.69, 9.17) is 0 Å². The Balaban J connectivity index is 2.21. The van der Waals surface area contributed by atoms with E-state index >= 15 is 0 Å². The first-order chi connectivity index (χ1) is 10.1. The van der Waals surface area contributed by atoms with E-state index in [2.05, 4.69) is 15.3 Å². The summed E-state index contributed by atoms with van der Waals surface area (Å²) in [6.45, 7) is 3.88. The molecule has 0 saturated heterocycles. The number of nitriles is 1. The van der Waals surface area contributed by atoms with Gasteiger partial charge in [0.25, 0.3) is 0 Å². The molecule has 0 N–H and O–H groups in total. The largest absolute Gasteiger partial charge is 0.223 e. The number of benzene rings is 1. The van der Waals surface area contributed by atoms with Crippen molar-refractivity contribution in [3.63, 3.8) is 0 Å². The normalized spacial score (nSPS) is 10.6. The van der Waals surface area contributed by atoms with Gasteiger partial charge in [-0.1, -0.05) is 16.6 Å². The zero-order valence-corrected chi connectivity index (χ0v) is 12.1. The van der Waals surface area contributed by atoms with Crippen molar-refractivity contribution in [1.29, 1.82) is 5.26 Å². The fourth-order valence-electron chi connectivity index (χ4n) is 1.90. The number of rotatable bonds is 2. The molecule has 3 rings (SSSR count). The van der Waals surface area contributed by atoms with Crippen molar-refractivity contribution < 1.29 is 4.39 Å². The summed E-state index contributed by atoms with van der Waals surface area (Å²) in [5.41, 5.74) is 2.29. The predicted octanol–water partition coefficient (Wildman–Crippen LogP) is 3.02. The Labute approximate surface area is 124 Å². The molecular formula is C14H10FN5S. The van der Waals surface area contributed by atoms with Crippen LogP contribution in [0.15, 0.2) is 24.3 Å². The molecule has 2 heterocycles. The minimum atomic E-state index is -0.336. The Morgan fingerprint density at radius 2 is 1.95 bits per heavy atom. The molecule has 5 nitrogen and oxygen atoms in total. The van der Waals surface area contributed by atoms with Gasteiger partial charge in [0, 0.05) is 10.4 Å². The molecular weight excluding hydrogens is 289 g/mol. The van der Waals surface area contributed by atoms with Crippen LogP contribution in [0.4, 0.5) is 4.39 Å².